The zero-order valence-corrected chi connectivity index (χ0v) is 11.2. The SMILES string of the molecule is Cc1ccc(C)c(-c2nc(C)nc3occ(N)c23)c1. The van der Waals surface area contributed by atoms with Gasteiger partial charge in [-0.3, -0.25) is 0 Å². The minimum Gasteiger partial charge on any atom is -0.444 e. The molecule has 0 saturated heterocycles. The quantitative estimate of drug-likeness (QED) is 0.721. The highest BCUT2D eigenvalue weighted by Crippen LogP contribution is 2.33. The number of furan rings is 1. The van der Waals surface area contributed by atoms with E-state index in [9.17, 15) is 0 Å². The van der Waals surface area contributed by atoms with E-state index in [1.54, 1.807) is 0 Å². The Morgan fingerprint density at radius 2 is 1.89 bits per heavy atom. The van der Waals surface area contributed by atoms with E-state index in [2.05, 4.69) is 42.0 Å². The Kier molecular flexibility index (Phi) is 2.52. The summed E-state index contributed by atoms with van der Waals surface area (Å²) < 4.78 is 5.39. The monoisotopic (exact) mass is 253 g/mol. The number of fused-ring (bicyclic) bond motifs is 1. The number of aromatic nitrogens is 2. The first-order valence-corrected chi connectivity index (χ1v) is 6.15. The normalized spacial score (nSPS) is 11.1. The van der Waals surface area contributed by atoms with Crippen LogP contribution in [0, 0.1) is 20.8 Å². The van der Waals surface area contributed by atoms with Crippen LogP contribution in [0.2, 0.25) is 0 Å². The highest BCUT2D eigenvalue weighted by molar-refractivity contribution is 5.99. The Bertz CT molecular complexity index is 774. The number of hydrogen-bond donors (Lipinski definition) is 1. The van der Waals surface area contributed by atoms with Crippen LogP contribution < -0.4 is 5.73 Å². The number of benzene rings is 1. The lowest BCUT2D eigenvalue weighted by molar-refractivity contribution is 0.602. The molecule has 96 valence electrons. The second-order valence-electron chi connectivity index (χ2n) is 4.81. The van der Waals surface area contributed by atoms with Crippen molar-refractivity contribution in [2.45, 2.75) is 20.8 Å². The van der Waals surface area contributed by atoms with E-state index in [-0.39, 0.29) is 0 Å². The van der Waals surface area contributed by atoms with Crippen molar-refractivity contribution in [1.82, 2.24) is 9.97 Å². The van der Waals surface area contributed by atoms with Gasteiger partial charge < -0.3 is 10.2 Å². The highest BCUT2D eigenvalue weighted by atomic mass is 16.3. The molecule has 0 spiro atoms. The molecule has 0 fully saturated rings. The standard InChI is InChI=1S/C15H15N3O/c1-8-4-5-9(2)11(6-8)14-13-12(16)7-19-15(13)18-10(3)17-14/h4-7H,16H2,1-3H3. The summed E-state index contributed by atoms with van der Waals surface area (Å²) >= 11 is 0. The van der Waals surface area contributed by atoms with Crippen LogP contribution in [0.15, 0.2) is 28.9 Å². The molecule has 3 rings (SSSR count). The summed E-state index contributed by atoms with van der Waals surface area (Å²) in [6.07, 6.45) is 1.52. The van der Waals surface area contributed by atoms with E-state index in [0.717, 1.165) is 22.2 Å². The molecule has 1 aromatic carbocycles. The summed E-state index contributed by atoms with van der Waals surface area (Å²) in [5, 5.41) is 0.791. The van der Waals surface area contributed by atoms with Gasteiger partial charge in [-0.1, -0.05) is 17.7 Å². The molecular formula is C15H15N3O. The van der Waals surface area contributed by atoms with Crippen LogP contribution in [-0.2, 0) is 0 Å². The molecule has 2 N–H and O–H groups in total. The van der Waals surface area contributed by atoms with E-state index in [4.69, 9.17) is 10.2 Å². The van der Waals surface area contributed by atoms with E-state index < -0.39 is 0 Å². The number of rotatable bonds is 1. The number of nitrogens with two attached hydrogens (primary N) is 1. The summed E-state index contributed by atoms with van der Waals surface area (Å²) in [4.78, 5) is 8.83. The number of anilines is 1. The van der Waals surface area contributed by atoms with Gasteiger partial charge in [0.05, 0.1) is 16.8 Å². The predicted octanol–water partition coefficient (Wildman–Crippen LogP) is 3.40. The molecule has 0 amide bonds. The molecule has 4 nitrogen and oxygen atoms in total. The van der Waals surface area contributed by atoms with Gasteiger partial charge in [0.25, 0.3) is 0 Å². The van der Waals surface area contributed by atoms with Crippen molar-refractivity contribution in [3.05, 3.63) is 41.4 Å². The Morgan fingerprint density at radius 3 is 2.68 bits per heavy atom. The van der Waals surface area contributed by atoms with Crippen LogP contribution in [0.3, 0.4) is 0 Å². The molecule has 2 heterocycles. The van der Waals surface area contributed by atoms with Gasteiger partial charge in [0.15, 0.2) is 0 Å². The van der Waals surface area contributed by atoms with Crippen molar-refractivity contribution < 1.29 is 4.42 Å². The zero-order chi connectivity index (χ0) is 13.6. The summed E-state index contributed by atoms with van der Waals surface area (Å²) in [5.74, 6) is 0.678. The van der Waals surface area contributed by atoms with Crippen molar-refractivity contribution in [2.24, 2.45) is 0 Å². The average Bonchev–Trinajstić information content (AvgIpc) is 2.73. The van der Waals surface area contributed by atoms with Crippen molar-refractivity contribution in [2.75, 3.05) is 5.73 Å². The third-order valence-electron chi connectivity index (χ3n) is 3.22. The second-order valence-corrected chi connectivity index (χ2v) is 4.81. The van der Waals surface area contributed by atoms with Gasteiger partial charge in [0.1, 0.15) is 12.1 Å². The van der Waals surface area contributed by atoms with Gasteiger partial charge in [-0.2, -0.15) is 4.98 Å². The average molecular weight is 253 g/mol. The van der Waals surface area contributed by atoms with Crippen molar-refractivity contribution in [3.8, 4) is 11.3 Å². The van der Waals surface area contributed by atoms with E-state index in [0.29, 0.717) is 17.2 Å². The Labute approximate surface area is 111 Å². The zero-order valence-electron chi connectivity index (χ0n) is 11.2. The van der Waals surface area contributed by atoms with Crippen LogP contribution in [0.1, 0.15) is 17.0 Å². The maximum absolute atomic E-state index is 5.98. The molecule has 0 unspecified atom stereocenters. The van der Waals surface area contributed by atoms with Gasteiger partial charge in [0, 0.05) is 5.56 Å². The van der Waals surface area contributed by atoms with Gasteiger partial charge in [-0.15, -0.1) is 0 Å². The molecule has 0 atom stereocenters. The third kappa shape index (κ3) is 1.85. The molecule has 4 heteroatoms. The minimum absolute atomic E-state index is 0.543. The van der Waals surface area contributed by atoms with Crippen LogP contribution in [0.4, 0.5) is 5.69 Å². The third-order valence-corrected chi connectivity index (χ3v) is 3.22. The Hall–Kier alpha value is -2.36. The van der Waals surface area contributed by atoms with Crippen molar-refractivity contribution in [1.29, 1.82) is 0 Å². The summed E-state index contributed by atoms with van der Waals surface area (Å²) in [6, 6.07) is 6.29. The predicted molar refractivity (Wildman–Crippen MR) is 75.9 cm³/mol. The topological polar surface area (TPSA) is 64.9 Å². The smallest absolute Gasteiger partial charge is 0.232 e. The second kappa shape index (κ2) is 4.09. The lowest BCUT2D eigenvalue weighted by Crippen LogP contribution is -1.96. The molecule has 0 aliphatic rings. The molecule has 0 saturated carbocycles. The number of aryl methyl sites for hydroxylation is 3. The fourth-order valence-corrected chi connectivity index (χ4v) is 2.26. The molecule has 3 aromatic rings. The van der Waals surface area contributed by atoms with Gasteiger partial charge >= 0.3 is 0 Å². The van der Waals surface area contributed by atoms with Crippen LogP contribution in [-0.4, -0.2) is 9.97 Å². The lowest BCUT2D eigenvalue weighted by atomic mass is 10.0. The summed E-state index contributed by atoms with van der Waals surface area (Å²) in [7, 11) is 0. The highest BCUT2D eigenvalue weighted by Gasteiger charge is 2.15. The number of hydrogen-bond acceptors (Lipinski definition) is 4. The van der Waals surface area contributed by atoms with Crippen molar-refractivity contribution in [3.63, 3.8) is 0 Å². The molecular weight excluding hydrogens is 238 g/mol. The largest absolute Gasteiger partial charge is 0.444 e. The van der Waals surface area contributed by atoms with Crippen LogP contribution in [0.25, 0.3) is 22.4 Å². The summed E-state index contributed by atoms with van der Waals surface area (Å²) in [5.41, 5.74) is 11.4. The first kappa shape index (κ1) is 11.7. The molecule has 0 aliphatic heterocycles. The first-order chi connectivity index (χ1) is 9.06. The Balaban J connectivity index is 2.41. The van der Waals surface area contributed by atoms with Gasteiger partial charge in [-0.25, -0.2) is 4.98 Å². The molecule has 0 aliphatic carbocycles. The molecule has 2 aromatic heterocycles. The fourth-order valence-electron chi connectivity index (χ4n) is 2.26. The maximum Gasteiger partial charge on any atom is 0.232 e. The maximum atomic E-state index is 5.98. The summed E-state index contributed by atoms with van der Waals surface area (Å²) in [6.45, 7) is 5.98. The van der Waals surface area contributed by atoms with Gasteiger partial charge in [-0.05, 0) is 32.4 Å². The number of nitrogen functional groups attached to an aromatic ring is 1. The number of nitrogens with zero attached hydrogens (tertiary/aromatic N) is 2. The van der Waals surface area contributed by atoms with E-state index in [1.165, 1.54) is 11.8 Å². The molecule has 19 heavy (non-hydrogen) atoms. The molecule has 0 radical (unpaired) electrons. The van der Waals surface area contributed by atoms with Crippen molar-refractivity contribution >= 4 is 16.8 Å². The minimum atomic E-state index is 0.543. The fraction of sp³-hybridized carbons (Fsp3) is 0.200. The first-order valence-electron chi connectivity index (χ1n) is 6.15. The van der Waals surface area contributed by atoms with Gasteiger partial charge in [0.2, 0.25) is 5.71 Å². The Morgan fingerprint density at radius 1 is 1.11 bits per heavy atom. The lowest BCUT2D eigenvalue weighted by Gasteiger charge is -2.08. The van der Waals surface area contributed by atoms with Crippen LogP contribution in [0.5, 0.6) is 0 Å². The van der Waals surface area contributed by atoms with Crippen LogP contribution >= 0.6 is 0 Å². The van der Waals surface area contributed by atoms with E-state index in [1.807, 2.05) is 6.92 Å². The molecule has 0 bridgehead atoms. The van der Waals surface area contributed by atoms with E-state index >= 15 is 0 Å².